The van der Waals surface area contributed by atoms with Gasteiger partial charge in [-0.2, -0.15) is 0 Å². The van der Waals surface area contributed by atoms with E-state index in [1.54, 1.807) is 16.7 Å². The Balaban J connectivity index is 1.52. The molecule has 0 radical (unpaired) electrons. The molecule has 0 aliphatic carbocycles. The first-order chi connectivity index (χ1) is 17.3. The zero-order valence-corrected chi connectivity index (χ0v) is 20.7. The molecule has 36 heavy (non-hydrogen) atoms. The average Bonchev–Trinajstić information content (AvgIpc) is 3.50. The smallest absolute Gasteiger partial charge is 0.352 e. The van der Waals surface area contributed by atoms with Gasteiger partial charge in [0.2, 0.25) is 10.0 Å². The second-order valence-electron chi connectivity index (χ2n) is 9.38. The van der Waals surface area contributed by atoms with Crippen LogP contribution in [0.2, 0.25) is 0 Å². The molecule has 3 aromatic carbocycles. The molecule has 4 aromatic rings. The number of sulfonamides is 1. The maximum atomic E-state index is 12.9. The molecule has 0 bridgehead atoms. The van der Waals surface area contributed by atoms with E-state index in [-0.39, 0.29) is 24.0 Å². The second kappa shape index (κ2) is 9.93. The van der Waals surface area contributed by atoms with Crippen molar-refractivity contribution in [3.8, 4) is 0 Å². The van der Waals surface area contributed by atoms with Gasteiger partial charge < -0.3 is 20.7 Å². The SMILES string of the molecule is NCc1ccc2cc(C(=O)O)n(Cc3cc(NS(=O)(=O)CC[C@@H]4CCCN4)cc4ccccc34)c2c1. The summed E-state index contributed by atoms with van der Waals surface area (Å²) in [4.78, 5) is 12.1. The third-order valence-electron chi connectivity index (χ3n) is 6.87. The summed E-state index contributed by atoms with van der Waals surface area (Å²) < 4.78 is 30.3. The van der Waals surface area contributed by atoms with Crippen molar-refractivity contribution < 1.29 is 18.3 Å². The molecule has 0 unspecified atom stereocenters. The molecule has 1 aromatic heterocycles. The predicted octanol–water partition coefficient (Wildman–Crippen LogP) is 3.88. The van der Waals surface area contributed by atoms with E-state index < -0.39 is 16.0 Å². The Morgan fingerprint density at radius 1 is 1.11 bits per heavy atom. The number of carboxylic acids is 1. The van der Waals surface area contributed by atoms with E-state index in [1.165, 1.54) is 0 Å². The van der Waals surface area contributed by atoms with Gasteiger partial charge >= 0.3 is 5.97 Å². The molecular weight excluding hydrogens is 476 g/mol. The van der Waals surface area contributed by atoms with Crippen molar-refractivity contribution in [1.82, 2.24) is 9.88 Å². The second-order valence-corrected chi connectivity index (χ2v) is 11.2. The lowest BCUT2D eigenvalue weighted by molar-refractivity contribution is 0.0686. The summed E-state index contributed by atoms with van der Waals surface area (Å²) in [6, 6.07) is 18.9. The molecule has 1 saturated heterocycles. The Morgan fingerprint density at radius 2 is 1.94 bits per heavy atom. The minimum atomic E-state index is -3.54. The number of hydrogen-bond donors (Lipinski definition) is 4. The van der Waals surface area contributed by atoms with Crippen molar-refractivity contribution in [2.24, 2.45) is 5.73 Å². The summed E-state index contributed by atoms with van der Waals surface area (Å²) in [5.74, 6) is -0.984. The van der Waals surface area contributed by atoms with Crippen LogP contribution in [0.4, 0.5) is 5.69 Å². The molecule has 0 amide bonds. The number of fused-ring (bicyclic) bond motifs is 2. The highest BCUT2D eigenvalue weighted by Gasteiger charge is 2.20. The number of nitrogens with two attached hydrogens (primary N) is 1. The number of benzene rings is 3. The van der Waals surface area contributed by atoms with Gasteiger partial charge in [-0.15, -0.1) is 0 Å². The number of hydrogen-bond acceptors (Lipinski definition) is 5. The van der Waals surface area contributed by atoms with Crippen molar-refractivity contribution >= 4 is 43.4 Å². The van der Waals surface area contributed by atoms with Crippen LogP contribution in [0.1, 0.15) is 40.9 Å². The van der Waals surface area contributed by atoms with Gasteiger partial charge in [0.1, 0.15) is 5.69 Å². The third kappa shape index (κ3) is 5.09. The van der Waals surface area contributed by atoms with Crippen LogP contribution < -0.4 is 15.8 Å². The predicted molar refractivity (Wildman–Crippen MR) is 143 cm³/mol. The Bertz CT molecular complexity index is 1540. The lowest BCUT2D eigenvalue weighted by Gasteiger charge is -2.16. The molecule has 1 aliphatic rings. The van der Waals surface area contributed by atoms with Crippen LogP contribution in [0.3, 0.4) is 0 Å². The number of carbonyl (C=O) groups is 1. The molecule has 0 spiro atoms. The van der Waals surface area contributed by atoms with Crippen molar-refractivity contribution in [1.29, 1.82) is 0 Å². The van der Waals surface area contributed by atoms with Gasteiger partial charge in [-0.05, 0) is 72.0 Å². The van der Waals surface area contributed by atoms with Crippen LogP contribution >= 0.6 is 0 Å². The lowest BCUT2D eigenvalue weighted by atomic mass is 10.0. The van der Waals surface area contributed by atoms with E-state index in [0.717, 1.165) is 52.2 Å². The fourth-order valence-corrected chi connectivity index (χ4v) is 6.23. The van der Waals surface area contributed by atoms with Gasteiger partial charge in [0.25, 0.3) is 0 Å². The molecule has 5 rings (SSSR count). The minimum Gasteiger partial charge on any atom is -0.477 e. The van der Waals surface area contributed by atoms with Crippen LogP contribution in [-0.4, -0.2) is 42.4 Å². The highest BCUT2D eigenvalue weighted by atomic mass is 32.2. The molecule has 1 fully saturated rings. The summed E-state index contributed by atoms with van der Waals surface area (Å²) in [5, 5.41) is 15.9. The number of rotatable bonds is 9. The van der Waals surface area contributed by atoms with Gasteiger partial charge in [-0.1, -0.05) is 36.4 Å². The third-order valence-corrected chi connectivity index (χ3v) is 8.19. The Kier molecular flexibility index (Phi) is 6.70. The number of aromatic carboxylic acids is 1. The van der Waals surface area contributed by atoms with Crippen LogP contribution in [0.25, 0.3) is 21.7 Å². The Morgan fingerprint density at radius 3 is 2.69 bits per heavy atom. The molecular formula is C27H30N4O4S. The number of nitrogens with one attached hydrogen (secondary N) is 2. The van der Waals surface area contributed by atoms with Gasteiger partial charge in [0.05, 0.1) is 5.75 Å². The molecule has 188 valence electrons. The number of nitrogens with zero attached hydrogens (tertiary/aromatic N) is 1. The van der Waals surface area contributed by atoms with E-state index in [2.05, 4.69) is 10.0 Å². The molecule has 0 saturated carbocycles. The first-order valence-electron chi connectivity index (χ1n) is 12.1. The highest BCUT2D eigenvalue weighted by molar-refractivity contribution is 7.92. The van der Waals surface area contributed by atoms with E-state index in [4.69, 9.17) is 5.73 Å². The van der Waals surface area contributed by atoms with Crippen LogP contribution in [-0.2, 0) is 23.1 Å². The topological polar surface area (TPSA) is 126 Å². The maximum Gasteiger partial charge on any atom is 0.352 e. The monoisotopic (exact) mass is 506 g/mol. The van der Waals surface area contributed by atoms with E-state index in [1.807, 2.05) is 48.5 Å². The quantitative estimate of drug-likeness (QED) is 0.273. The number of aromatic nitrogens is 1. The summed E-state index contributed by atoms with van der Waals surface area (Å²) in [5.41, 5.74) is 8.97. The number of carboxylic acid groups (broad SMARTS) is 1. The molecule has 5 N–H and O–H groups in total. The van der Waals surface area contributed by atoms with Crippen molar-refractivity contribution in [3.63, 3.8) is 0 Å². The summed E-state index contributed by atoms with van der Waals surface area (Å²) >= 11 is 0. The molecule has 1 atom stereocenters. The van der Waals surface area contributed by atoms with Gasteiger partial charge in [-0.3, -0.25) is 4.72 Å². The highest BCUT2D eigenvalue weighted by Crippen LogP contribution is 2.29. The molecule has 8 nitrogen and oxygen atoms in total. The standard InChI is InChI=1S/C27H30N4O4S/c28-16-18-7-8-20-15-26(27(32)33)31(25(20)12-18)17-21-14-23(13-19-4-1-2-6-24(19)21)30-36(34,35)11-9-22-5-3-10-29-22/h1-2,4,6-8,12-15,22,29-30H,3,5,9-11,16-17,28H2,(H,32,33)/t22-/m0/s1. The first kappa shape index (κ1) is 24.3. The van der Waals surface area contributed by atoms with E-state index in [9.17, 15) is 18.3 Å². The van der Waals surface area contributed by atoms with Gasteiger partial charge in [-0.25, -0.2) is 13.2 Å². The van der Waals surface area contributed by atoms with Crippen LogP contribution in [0.15, 0.2) is 60.7 Å². The zero-order valence-electron chi connectivity index (χ0n) is 19.9. The van der Waals surface area contributed by atoms with Crippen molar-refractivity contribution in [3.05, 3.63) is 77.5 Å². The molecule has 1 aliphatic heterocycles. The van der Waals surface area contributed by atoms with Crippen molar-refractivity contribution in [2.75, 3.05) is 17.0 Å². The minimum absolute atomic E-state index is 0.0418. The zero-order chi connectivity index (χ0) is 25.3. The normalized spacial score (nSPS) is 16.1. The van der Waals surface area contributed by atoms with E-state index in [0.29, 0.717) is 18.7 Å². The number of anilines is 1. The molecule has 9 heteroatoms. The summed E-state index contributed by atoms with van der Waals surface area (Å²) in [6.45, 7) is 1.55. The first-order valence-corrected chi connectivity index (χ1v) is 13.8. The lowest BCUT2D eigenvalue weighted by Crippen LogP contribution is -2.26. The maximum absolute atomic E-state index is 12.9. The summed E-state index contributed by atoms with van der Waals surface area (Å²) in [6.07, 6.45) is 2.64. The molecule has 2 heterocycles. The van der Waals surface area contributed by atoms with Crippen molar-refractivity contribution in [2.45, 2.75) is 38.4 Å². The van der Waals surface area contributed by atoms with Crippen LogP contribution in [0, 0.1) is 0 Å². The average molecular weight is 507 g/mol. The Hall–Kier alpha value is -3.40. The Labute approximate surface area is 210 Å². The van der Waals surface area contributed by atoms with Gasteiger partial charge in [0.15, 0.2) is 0 Å². The fourth-order valence-electron chi connectivity index (χ4n) is 5.06. The summed E-state index contributed by atoms with van der Waals surface area (Å²) in [7, 11) is -3.54. The van der Waals surface area contributed by atoms with E-state index >= 15 is 0 Å². The van der Waals surface area contributed by atoms with Gasteiger partial charge in [0, 0.05) is 35.7 Å². The fraction of sp³-hybridized carbons (Fsp3) is 0.296. The van der Waals surface area contributed by atoms with Crippen LogP contribution in [0.5, 0.6) is 0 Å². The largest absolute Gasteiger partial charge is 0.477 e.